The van der Waals surface area contributed by atoms with E-state index in [1.165, 1.54) is 6.07 Å². The average molecular weight is 299 g/mol. The van der Waals surface area contributed by atoms with Gasteiger partial charge in [-0.15, -0.1) is 0 Å². The van der Waals surface area contributed by atoms with Crippen molar-refractivity contribution in [3.8, 4) is 0 Å². The summed E-state index contributed by atoms with van der Waals surface area (Å²) in [7, 11) is 0. The molecule has 1 aliphatic heterocycles. The van der Waals surface area contributed by atoms with Crippen LogP contribution in [0.3, 0.4) is 0 Å². The van der Waals surface area contributed by atoms with Crippen molar-refractivity contribution < 1.29 is 9.18 Å². The molecule has 1 amide bonds. The van der Waals surface area contributed by atoms with Crippen molar-refractivity contribution >= 4 is 17.5 Å². The van der Waals surface area contributed by atoms with Crippen molar-refractivity contribution in [2.45, 2.75) is 32.2 Å². The van der Waals surface area contributed by atoms with Crippen LogP contribution in [0.4, 0.5) is 4.39 Å². The predicted octanol–water partition coefficient (Wildman–Crippen LogP) is 2.88. The fourth-order valence-electron chi connectivity index (χ4n) is 2.44. The van der Waals surface area contributed by atoms with Crippen LogP contribution >= 0.6 is 11.6 Å². The number of piperidine rings is 1. The lowest BCUT2D eigenvalue weighted by atomic mass is 9.93. The minimum atomic E-state index is -0.437. The van der Waals surface area contributed by atoms with Crippen molar-refractivity contribution in [2.75, 3.05) is 13.1 Å². The molecule has 1 saturated heterocycles. The third kappa shape index (κ3) is 4.76. The highest BCUT2D eigenvalue weighted by Gasteiger charge is 2.14. The molecule has 1 aromatic carbocycles. The summed E-state index contributed by atoms with van der Waals surface area (Å²) in [4.78, 5) is 11.8. The van der Waals surface area contributed by atoms with Crippen molar-refractivity contribution in [2.24, 2.45) is 5.92 Å². The van der Waals surface area contributed by atoms with Gasteiger partial charge in [0.1, 0.15) is 5.82 Å². The monoisotopic (exact) mass is 298 g/mol. The molecule has 2 N–H and O–H groups in total. The van der Waals surface area contributed by atoms with Gasteiger partial charge >= 0.3 is 0 Å². The Bertz CT molecular complexity index is 461. The summed E-state index contributed by atoms with van der Waals surface area (Å²) >= 11 is 5.70. The maximum Gasteiger partial charge on any atom is 0.220 e. The van der Waals surface area contributed by atoms with Gasteiger partial charge in [-0.2, -0.15) is 0 Å². The molecule has 0 aromatic heterocycles. The second-order valence-electron chi connectivity index (χ2n) is 5.26. The number of halogens is 2. The molecule has 1 aliphatic rings. The van der Waals surface area contributed by atoms with E-state index in [4.69, 9.17) is 11.6 Å². The molecule has 1 heterocycles. The van der Waals surface area contributed by atoms with Crippen molar-refractivity contribution in [1.82, 2.24) is 10.6 Å². The van der Waals surface area contributed by atoms with Crippen LogP contribution < -0.4 is 10.6 Å². The summed E-state index contributed by atoms with van der Waals surface area (Å²) in [5, 5.41) is 6.25. The molecule has 1 fully saturated rings. The van der Waals surface area contributed by atoms with Gasteiger partial charge < -0.3 is 10.6 Å². The predicted molar refractivity (Wildman–Crippen MR) is 78.1 cm³/mol. The molecule has 0 unspecified atom stereocenters. The average Bonchev–Trinajstić information content (AvgIpc) is 2.47. The summed E-state index contributed by atoms with van der Waals surface area (Å²) in [5.74, 6) is 0.263. The van der Waals surface area contributed by atoms with E-state index >= 15 is 0 Å². The molecule has 0 radical (unpaired) electrons. The van der Waals surface area contributed by atoms with E-state index in [0.717, 1.165) is 37.9 Å². The van der Waals surface area contributed by atoms with Gasteiger partial charge in [-0.1, -0.05) is 17.7 Å². The number of hydrogen-bond acceptors (Lipinski definition) is 2. The van der Waals surface area contributed by atoms with E-state index in [-0.39, 0.29) is 10.9 Å². The molecule has 0 atom stereocenters. The van der Waals surface area contributed by atoms with E-state index in [9.17, 15) is 9.18 Å². The molecule has 0 saturated carbocycles. The third-order valence-electron chi connectivity index (χ3n) is 3.71. The van der Waals surface area contributed by atoms with Gasteiger partial charge in [-0.3, -0.25) is 4.79 Å². The van der Waals surface area contributed by atoms with Crippen molar-refractivity contribution in [1.29, 1.82) is 0 Å². The molecule has 0 spiro atoms. The molecule has 5 heteroatoms. The Hall–Kier alpha value is -1.13. The fraction of sp³-hybridized carbons (Fsp3) is 0.533. The van der Waals surface area contributed by atoms with E-state index in [1.807, 2.05) is 0 Å². The van der Waals surface area contributed by atoms with Crippen molar-refractivity contribution in [3.63, 3.8) is 0 Å². The van der Waals surface area contributed by atoms with Crippen LogP contribution in [0.1, 0.15) is 31.2 Å². The highest BCUT2D eigenvalue weighted by atomic mass is 35.5. The largest absolute Gasteiger partial charge is 0.352 e. The lowest BCUT2D eigenvalue weighted by Crippen LogP contribution is -2.29. The van der Waals surface area contributed by atoms with Crippen LogP contribution in [0.2, 0.25) is 5.02 Å². The first-order chi connectivity index (χ1) is 9.65. The Morgan fingerprint density at radius 1 is 1.40 bits per heavy atom. The van der Waals surface area contributed by atoms with Crippen LogP contribution in [-0.2, 0) is 11.3 Å². The molecule has 3 nitrogen and oxygen atoms in total. The van der Waals surface area contributed by atoms with Gasteiger partial charge in [0.25, 0.3) is 0 Å². The molecular weight excluding hydrogens is 279 g/mol. The third-order valence-corrected chi connectivity index (χ3v) is 4.00. The zero-order valence-corrected chi connectivity index (χ0v) is 12.2. The normalized spacial score (nSPS) is 16.1. The van der Waals surface area contributed by atoms with Crippen LogP contribution in [-0.4, -0.2) is 19.0 Å². The van der Waals surface area contributed by atoms with Gasteiger partial charge in [0.2, 0.25) is 5.91 Å². The number of carbonyl (C=O) groups excluding carboxylic acids is 1. The van der Waals surface area contributed by atoms with Gasteiger partial charge in [-0.05, 0) is 56.0 Å². The Kier molecular flexibility index (Phi) is 5.80. The first kappa shape index (κ1) is 15.3. The van der Waals surface area contributed by atoms with Gasteiger partial charge in [0, 0.05) is 13.0 Å². The molecular formula is C15H20ClFN2O. The van der Waals surface area contributed by atoms with E-state index in [1.54, 1.807) is 12.1 Å². The van der Waals surface area contributed by atoms with Gasteiger partial charge in [-0.25, -0.2) is 4.39 Å². The number of hydrogen-bond donors (Lipinski definition) is 2. The SMILES string of the molecule is O=C(CCC1CCNCC1)NCc1ccc(F)c(Cl)c1. The lowest BCUT2D eigenvalue weighted by molar-refractivity contribution is -0.121. The quantitative estimate of drug-likeness (QED) is 0.877. The van der Waals surface area contributed by atoms with Crippen LogP contribution in [0.5, 0.6) is 0 Å². The number of nitrogens with one attached hydrogen (secondary N) is 2. The van der Waals surface area contributed by atoms with E-state index in [2.05, 4.69) is 10.6 Å². The molecule has 0 aliphatic carbocycles. The molecule has 0 bridgehead atoms. The number of rotatable bonds is 5. The van der Waals surface area contributed by atoms with Gasteiger partial charge in [0.15, 0.2) is 0 Å². The van der Waals surface area contributed by atoms with Crippen molar-refractivity contribution in [3.05, 3.63) is 34.6 Å². The Labute approximate surface area is 123 Å². The topological polar surface area (TPSA) is 41.1 Å². The van der Waals surface area contributed by atoms with Crippen LogP contribution in [0, 0.1) is 11.7 Å². The first-order valence-corrected chi connectivity index (χ1v) is 7.44. The zero-order valence-electron chi connectivity index (χ0n) is 11.4. The minimum Gasteiger partial charge on any atom is -0.352 e. The highest BCUT2D eigenvalue weighted by Crippen LogP contribution is 2.18. The number of amides is 1. The summed E-state index contributed by atoms with van der Waals surface area (Å²) in [5.41, 5.74) is 0.812. The maximum atomic E-state index is 13.0. The van der Waals surface area contributed by atoms with Crippen LogP contribution in [0.25, 0.3) is 0 Å². The Morgan fingerprint density at radius 3 is 2.85 bits per heavy atom. The molecule has 110 valence electrons. The Morgan fingerprint density at radius 2 is 2.15 bits per heavy atom. The lowest BCUT2D eigenvalue weighted by Gasteiger charge is -2.22. The second-order valence-corrected chi connectivity index (χ2v) is 5.66. The molecule has 2 rings (SSSR count). The zero-order chi connectivity index (χ0) is 14.4. The summed E-state index contributed by atoms with van der Waals surface area (Å²) in [6.45, 7) is 2.51. The molecule has 20 heavy (non-hydrogen) atoms. The number of benzene rings is 1. The highest BCUT2D eigenvalue weighted by molar-refractivity contribution is 6.30. The summed E-state index contributed by atoms with van der Waals surface area (Å²) < 4.78 is 13.0. The van der Waals surface area contributed by atoms with Crippen LogP contribution in [0.15, 0.2) is 18.2 Å². The first-order valence-electron chi connectivity index (χ1n) is 7.06. The van der Waals surface area contributed by atoms with E-state index in [0.29, 0.717) is 18.9 Å². The smallest absolute Gasteiger partial charge is 0.220 e. The standard InChI is InChI=1S/C15H20ClFN2O/c16-13-9-12(1-3-14(13)17)10-19-15(20)4-2-11-5-7-18-8-6-11/h1,3,9,11,18H,2,4-8,10H2,(H,19,20). The van der Waals surface area contributed by atoms with E-state index < -0.39 is 5.82 Å². The number of carbonyl (C=O) groups is 1. The maximum absolute atomic E-state index is 13.0. The second kappa shape index (κ2) is 7.60. The Balaban J connectivity index is 1.70. The molecule has 1 aromatic rings. The minimum absolute atomic E-state index is 0.0454. The summed E-state index contributed by atoms with van der Waals surface area (Å²) in [6.07, 6.45) is 3.80. The summed E-state index contributed by atoms with van der Waals surface area (Å²) in [6, 6.07) is 4.50. The fourth-order valence-corrected chi connectivity index (χ4v) is 2.65. The van der Waals surface area contributed by atoms with Gasteiger partial charge in [0.05, 0.1) is 5.02 Å².